The lowest BCUT2D eigenvalue weighted by molar-refractivity contribution is -0.142. The Morgan fingerprint density at radius 2 is 2.00 bits per heavy atom. The third-order valence-electron chi connectivity index (χ3n) is 3.82. The minimum Gasteiger partial charge on any atom is -0.370 e. The maximum absolute atomic E-state index is 13.1. The van der Waals surface area contributed by atoms with Gasteiger partial charge in [-0.1, -0.05) is 25.1 Å². The van der Waals surface area contributed by atoms with Crippen molar-refractivity contribution in [2.75, 3.05) is 31.2 Å². The predicted octanol–water partition coefficient (Wildman–Crippen LogP) is 2.04. The highest BCUT2D eigenvalue weighted by molar-refractivity contribution is 7.92. The molecule has 0 saturated carbocycles. The number of hydrogen-bond donors (Lipinski definition) is 0. The summed E-state index contributed by atoms with van der Waals surface area (Å²) < 4.78 is 67.9. The number of carbonyl (C=O) groups excluding carboxylic acids is 1. The molecule has 0 N–H and O–H groups in total. The van der Waals surface area contributed by atoms with Crippen LogP contribution >= 0.6 is 0 Å². The molecule has 1 fully saturated rings. The van der Waals surface area contributed by atoms with Crippen molar-refractivity contribution >= 4 is 15.7 Å². The van der Waals surface area contributed by atoms with Crippen molar-refractivity contribution in [3.8, 4) is 0 Å². The van der Waals surface area contributed by atoms with Crippen LogP contribution in [0.5, 0.6) is 0 Å². The molecular formula is C15H18F3NO4S. The molecule has 0 radical (unpaired) electrons. The highest BCUT2D eigenvalue weighted by Crippen LogP contribution is 2.36. The van der Waals surface area contributed by atoms with Crippen molar-refractivity contribution in [2.45, 2.75) is 19.2 Å². The molecule has 0 aromatic heterocycles. The highest BCUT2D eigenvalue weighted by atomic mass is 32.2. The standard InChI is InChI=1S/C15H18F3NO4S/c1-2-24(21,22)10-14(20)19-7-8-23-13(9-19)11-5-3-4-6-12(11)15(16,17)18/h3-6,13H,2,7-10H2,1H3. The smallest absolute Gasteiger partial charge is 0.370 e. The number of halogens is 3. The lowest BCUT2D eigenvalue weighted by Crippen LogP contribution is -2.45. The van der Waals surface area contributed by atoms with Crippen LogP contribution < -0.4 is 0 Å². The van der Waals surface area contributed by atoms with Gasteiger partial charge in [-0.15, -0.1) is 0 Å². The summed E-state index contributed by atoms with van der Waals surface area (Å²) in [6, 6.07) is 5.02. The van der Waals surface area contributed by atoms with Gasteiger partial charge in [-0.2, -0.15) is 13.2 Å². The van der Waals surface area contributed by atoms with Gasteiger partial charge >= 0.3 is 6.18 Å². The topological polar surface area (TPSA) is 63.7 Å². The first-order valence-electron chi connectivity index (χ1n) is 7.40. The third kappa shape index (κ3) is 4.47. The number of benzene rings is 1. The van der Waals surface area contributed by atoms with E-state index in [1.807, 2.05) is 0 Å². The van der Waals surface area contributed by atoms with Gasteiger partial charge in [0.05, 0.1) is 18.7 Å². The Morgan fingerprint density at radius 1 is 1.33 bits per heavy atom. The molecular weight excluding hydrogens is 347 g/mol. The lowest BCUT2D eigenvalue weighted by atomic mass is 10.0. The van der Waals surface area contributed by atoms with Gasteiger partial charge < -0.3 is 9.64 Å². The van der Waals surface area contributed by atoms with Crippen molar-refractivity contribution in [3.63, 3.8) is 0 Å². The highest BCUT2D eigenvalue weighted by Gasteiger charge is 2.37. The van der Waals surface area contributed by atoms with Crippen molar-refractivity contribution in [1.82, 2.24) is 4.90 Å². The summed E-state index contributed by atoms with van der Waals surface area (Å²) in [4.78, 5) is 13.3. The summed E-state index contributed by atoms with van der Waals surface area (Å²) in [6.45, 7) is 1.53. The van der Waals surface area contributed by atoms with Crippen LogP contribution in [0.4, 0.5) is 13.2 Å². The molecule has 0 aliphatic carbocycles. The lowest BCUT2D eigenvalue weighted by Gasteiger charge is -2.34. The van der Waals surface area contributed by atoms with E-state index in [1.54, 1.807) is 0 Å². The SMILES string of the molecule is CCS(=O)(=O)CC(=O)N1CCOC(c2ccccc2C(F)(F)F)C1. The number of alkyl halides is 3. The Morgan fingerprint density at radius 3 is 2.62 bits per heavy atom. The minimum absolute atomic E-state index is 0.0504. The van der Waals surface area contributed by atoms with E-state index in [0.717, 1.165) is 6.07 Å². The Bertz CT molecular complexity index is 703. The number of sulfone groups is 1. The fraction of sp³-hybridized carbons (Fsp3) is 0.533. The molecule has 5 nitrogen and oxygen atoms in total. The molecule has 1 saturated heterocycles. The molecule has 0 spiro atoms. The van der Waals surface area contributed by atoms with Gasteiger partial charge in [-0.3, -0.25) is 4.79 Å². The van der Waals surface area contributed by atoms with E-state index in [1.165, 1.54) is 30.0 Å². The molecule has 1 amide bonds. The van der Waals surface area contributed by atoms with Crippen molar-refractivity contribution in [3.05, 3.63) is 35.4 Å². The van der Waals surface area contributed by atoms with Crippen molar-refractivity contribution in [1.29, 1.82) is 0 Å². The van der Waals surface area contributed by atoms with Gasteiger partial charge in [-0.25, -0.2) is 8.42 Å². The summed E-state index contributed by atoms with van der Waals surface area (Å²) in [5.74, 6) is -1.42. The summed E-state index contributed by atoms with van der Waals surface area (Å²) in [7, 11) is -3.49. The van der Waals surface area contributed by atoms with E-state index < -0.39 is 39.3 Å². The summed E-state index contributed by atoms with van der Waals surface area (Å²) >= 11 is 0. The fourth-order valence-corrected chi connectivity index (χ4v) is 3.24. The van der Waals surface area contributed by atoms with Gasteiger partial charge in [0.2, 0.25) is 5.91 Å². The minimum atomic E-state index is -4.53. The Balaban J connectivity index is 2.19. The van der Waals surface area contributed by atoms with Crippen LogP contribution in [0.2, 0.25) is 0 Å². The molecule has 9 heteroatoms. The second kappa shape index (κ2) is 7.10. The maximum Gasteiger partial charge on any atom is 0.416 e. The molecule has 1 heterocycles. The maximum atomic E-state index is 13.1. The van der Waals surface area contributed by atoms with Crippen LogP contribution in [0.3, 0.4) is 0 Å². The number of nitrogens with zero attached hydrogens (tertiary/aromatic N) is 1. The summed E-state index contributed by atoms with van der Waals surface area (Å²) in [5.41, 5.74) is -0.869. The van der Waals surface area contributed by atoms with Gasteiger partial charge in [0.25, 0.3) is 0 Å². The molecule has 1 aromatic rings. The molecule has 134 valence electrons. The number of hydrogen-bond acceptors (Lipinski definition) is 4. The largest absolute Gasteiger partial charge is 0.416 e. The molecule has 1 unspecified atom stereocenters. The third-order valence-corrected chi connectivity index (χ3v) is 5.38. The average molecular weight is 365 g/mol. The van der Waals surface area contributed by atoms with Crippen LogP contribution in [-0.2, 0) is 25.5 Å². The number of amides is 1. The summed E-state index contributed by atoms with van der Waals surface area (Å²) in [6.07, 6.45) is -5.47. The molecule has 1 aromatic carbocycles. The number of rotatable bonds is 4. The number of carbonyl (C=O) groups is 1. The first-order valence-corrected chi connectivity index (χ1v) is 9.22. The molecule has 1 aliphatic heterocycles. The molecule has 1 atom stereocenters. The molecule has 24 heavy (non-hydrogen) atoms. The van der Waals surface area contributed by atoms with E-state index in [0.29, 0.717) is 0 Å². The van der Waals surface area contributed by atoms with Crippen molar-refractivity contribution in [2.24, 2.45) is 0 Å². The second-order valence-corrected chi connectivity index (χ2v) is 7.81. The first kappa shape index (κ1) is 18.7. The summed E-state index contributed by atoms with van der Waals surface area (Å²) in [5, 5.41) is 0. The number of ether oxygens (including phenoxy) is 1. The average Bonchev–Trinajstić information content (AvgIpc) is 2.54. The van der Waals surface area contributed by atoms with Gasteiger partial charge in [-0.05, 0) is 11.6 Å². The second-order valence-electron chi connectivity index (χ2n) is 5.46. The van der Waals surface area contributed by atoms with E-state index in [4.69, 9.17) is 4.74 Å². The van der Waals surface area contributed by atoms with Crippen LogP contribution in [0.15, 0.2) is 24.3 Å². The van der Waals surface area contributed by atoms with Gasteiger partial charge in [0, 0.05) is 12.3 Å². The number of morpholine rings is 1. The quantitative estimate of drug-likeness (QED) is 0.819. The zero-order valence-electron chi connectivity index (χ0n) is 13.0. The Labute approximate surface area is 138 Å². The monoisotopic (exact) mass is 365 g/mol. The van der Waals surface area contributed by atoms with Crippen molar-refractivity contribution < 1.29 is 31.1 Å². The van der Waals surface area contributed by atoms with Crippen LogP contribution in [0, 0.1) is 0 Å². The molecule has 1 aliphatic rings. The predicted molar refractivity (Wildman–Crippen MR) is 81.0 cm³/mol. The van der Waals surface area contributed by atoms with Crippen LogP contribution in [-0.4, -0.2) is 50.4 Å². The van der Waals surface area contributed by atoms with Crippen LogP contribution in [0.1, 0.15) is 24.2 Å². The van der Waals surface area contributed by atoms with E-state index >= 15 is 0 Å². The van der Waals surface area contributed by atoms with Gasteiger partial charge in [0.1, 0.15) is 11.9 Å². The first-order chi connectivity index (χ1) is 11.1. The zero-order valence-corrected chi connectivity index (χ0v) is 13.9. The van der Waals surface area contributed by atoms with Gasteiger partial charge in [0.15, 0.2) is 9.84 Å². The zero-order chi connectivity index (χ0) is 18.0. The Hall–Kier alpha value is -1.61. The van der Waals surface area contributed by atoms with E-state index in [2.05, 4.69) is 0 Å². The van der Waals surface area contributed by atoms with Crippen LogP contribution in [0.25, 0.3) is 0 Å². The Kier molecular flexibility index (Phi) is 5.54. The molecule has 2 rings (SSSR count). The van der Waals surface area contributed by atoms with E-state index in [9.17, 15) is 26.4 Å². The fourth-order valence-electron chi connectivity index (χ4n) is 2.48. The molecule has 0 bridgehead atoms. The normalized spacial score (nSPS) is 19.3. The van der Waals surface area contributed by atoms with E-state index in [-0.39, 0.29) is 31.0 Å².